The van der Waals surface area contributed by atoms with E-state index >= 15 is 0 Å². The summed E-state index contributed by atoms with van der Waals surface area (Å²) in [7, 11) is -32.2. The van der Waals surface area contributed by atoms with Crippen molar-refractivity contribution in [2.24, 2.45) is 0 Å². The van der Waals surface area contributed by atoms with Crippen LogP contribution in [0.15, 0.2) is 0 Å². The molecule has 0 fully saturated rings. The maximum absolute atomic E-state index is 12.6. The van der Waals surface area contributed by atoms with E-state index in [1.165, 1.54) is 0 Å². The molecule has 10 unspecified atom stereocenters. The summed E-state index contributed by atoms with van der Waals surface area (Å²) < 4.78 is 292. The molecule has 132 heavy (non-hydrogen) atoms. The van der Waals surface area contributed by atoms with Crippen molar-refractivity contribution in [3.8, 4) is 0 Å². The fourth-order valence-corrected chi connectivity index (χ4v) is 14.1. The zero-order valence-corrected chi connectivity index (χ0v) is 81.9. The average Bonchev–Trinajstić information content (AvgIpc) is 0.886. The molecule has 0 aliphatic rings. The number of aliphatic hydroxyl groups is 1. The number of ether oxygens (including phenoxy) is 23. The quantitative estimate of drug-likeness (QED) is 0.0198. The van der Waals surface area contributed by atoms with Crippen LogP contribution in [0.5, 0.6) is 0 Å². The number of hydrogen-bond acceptors (Lipinski definition) is 50. The van der Waals surface area contributed by atoms with Crippen molar-refractivity contribution in [3.05, 3.63) is 0 Å². The first kappa shape index (κ1) is 132. The second kappa shape index (κ2) is 89.6. The van der Waals surface area contributed by atoms with Crippen molar-refractivity contribution < 1.29 is 262 Å². The Labute approximate surface area is 767 Å². The number of phosphoric acid groups is 8. The number of nitrogens with one attached hydrogen (secondary N) is 3. The highest BCUT2D eigenvalue weighted by atomic mass is 31.2. The molecule has 0 amide bonds. The smallest absolute Gasteiger partial charge is 0.394 e. The highest BCUT2D eigenvalue weighted by Gasteiger charge is 2.34. The first-order chi connectivity index (χ1) is 63.3. The van der Waals surface area contributed by atoms with Gasteiger partial charge in [-0.3, -0.25) is 83.8 Å². The van der Waals surface area contributed by atoms with Crippen LogP contribution in [-0.2, 0) is 213 Å². The maximum atomic E-state index is 12.6. The van der Waals surface area contributed by atoms with Crippen LogP contribution in [0.1, 0.15) is 0 Å². The van der Waals surface area contributed by atoms with Gasteiger partial charge in [0.15, 0.2) is 0 Å². The average molecular weight is 2110 g/mol. The first-order valence-electron chi connectivity index (χ1n) is 41.3. The Kier molecular flexibility index (Phi) is 89.5. The summed E-state index contributed by atoms with van der Waals surface area (Å²) in [5.74, 6) is 0. The van der Waals surface area contributed by atoms with E-state index < -0.39 is 127 Å². The summed E-state index contributed by atoms with van der Waals surface area (Å²) in [5.41, 5.74) is 0. The van der Waals surface area contributed by atoms with E-state index in [-0.39, 0.29) is 318 Å². The molecular weight excluding hydrogens is 1970 g/mol. The summed E-state index contributed by atoms with van der Waals surface area (Å²) >= 11 is 0. The Hall–Kier alpha value is -0.200. The highest BCUT2D eigenvalue weighted by molar-refractivity contribution is 7.49. The molecule has 0 heterocycles. The van der Waals surface area contributed by atoms with Crippen molar-refractivity contribution in [3.63, 3.8) is 0 Å². The van der Waals surface area contributed by atoms with E-state index in [1.54, 1.807) is 21.1 Å². The van der Waals surface area contributed by atoms with Crippen LogP contribution >= 0.6 is 62.6 Å². The Balaban J connectivity index is 3.59. The Morgan fingerprint density at radius 1 is 0.174 bits per heavy atom. The summed E-state index contributed by atoms with van der Waals surface area (Å²) in [5, 5.41) is 17.3. The van der Waals surface area contributed by atoms with Gasteiger partial charge in [-0.05, 0) is 21.1 Å². The monoisotopic (exact) mass is 2110 g/mol. The molecule has 0 rings (SSSR count). The van der Waals surface area contributed by atoms with Gasteiger partial charge in [0.05, 0.1) is 390 Å². The molecule has 0 bridgehead atoms. The summed E-state index contributed by atoms with van der Waals surface area (Å²) in [6.45, 7) is 0.886. The predicted octanol–water partition coefficient (Wildman–Crippen LogP) is -0.959. The van der Waals surface area contributed by atoms with Gasteiger partial charge in [-0.1, -0.05) is 0 Å². The third-order valence-electron chi connectivity index (χ3n) is 14.0. The first-order valence-corrected chi connectivity index (χ1v) is 53.3. The van der Waals surface area contributed by atoms with Gasteiger partial charge in [0.25, 0.3) is 0 Å². The van der Waals surface area contributed by atoms with Crippen LogP contribution < -0.4 is 16.0 Å². The van der Waals surface area contributed by atoms with Gasteiger partial charge in [0.2, 0.25) is 0 Å². The van der Waals surface area contributed by atoms with Gasteiger partial charge in [-0.2, -0.15) is 0 Å². The van der Waals surface area contributed by atoms with Crippen LogP contribution in [0.3, 0.4) is 0 Å². The van der Waals surface area contributed by atoms with Crippen LogP contribution in [0.2, 0.25) is 0 Å². The topological polar surface area (TPSA) is 726 Å². The summed E-state index contributed by atoms with van der Waals surface area (Å²) in [6, 6.07) is 0. The van der Waals surface area contributed by atoms with Crippen LogP contribution in [-0.4, -0.2) is 479 Å². The molecular formula is C65H143N3O56P8. The van der Waals surface area contributed by atoms with Gasteiger partial charge in [-0.15, -0.1) is 0 Å². The molecule has 10 atom stereocenters. The number of phosphoric ester groups is 8. The van der Waals surface area contributed by atoms with E-state index in [0.717, 1.165) is 0 Å². The fourth-order valence-electron chi connectivity index (χ4n) is 8.31. The zero-order chi connectivity index (χ0) is 97.4. The van der Waals surface area contributed by atoms with Crippen molar-refractivity contribution in [2.75, 3.05) is 411 Å². The molecule has 13 N–H and O–H groups in total. The molecule has 0 radical (unpaired) electrons. The number of aliphatic hydroxyl groups excluding tert-OH is 1. The van der Waals surface area contributed by atoms with Gasteiger partial charge < -0.3 is 158 Å². The minimum Gasteiger partial charge on any atom is -0.394 e. The normalized spacial score (nSPS) is 16.2. The molecule has 794 valence electrons. The summed E-state index contributed by atoms with van der Waals surface area (Å²) in [4.78, 5) is 87.6. The predicted molar refractivity (Wildman–Crippen MR) is 450 cm³/mol. The Morgan fingerprint density at radius 2 is 0.311 bits per heavy atom. The fraction of sp³-hybridized carbons (Fsp3) is 1.00. The van der Waals surface area contributed by atoms with E-state index in [1.807, 2.05) is 0 Å². The molecule has 0 spiro atoms. The van der Waals surface area contributed by atoms with Gasteiger partial charge in [0.1, 0.15) is 18.3 Å². The Morgan fingerprint density at radius 3 is 0.477 bits per heavy atom. The third-order valence-corrected chi connectivity index (χ3v) is 21.7. The van der Waals surface area contributed by atoms with Crippen LogP contribution in [0, 0.1) is 0 Å². The molecule has 0 saturated carbocycles. The number of hydrogen-bond donors (Lipinski definition) is 13. The van der Waals surface area contributed by atoms with Crippen molar-refractivity contribution >= 4 is 62.6 Å². The SMILES string of the molecule is CNCOCC(COP(=O)(O)OCCOCCOCCOCCOCCOCCOP(=O)(O)OCCOCCOCCOCCOCCOCCOP(=O)(O)OCCOCCOCCOCCOCCOCCOP(=O)(O)OCCOCCOCCOCCOCCOCCOP(=O)(O)OC(COCNC)COP(=O)(O)OCCOP(=O)(O)OC(CO)COCNC)OP(=O)(O)O. The van der Waals surface area contributed by atoms with E-state index in [2.05, 4.69) is 25.0 Å². The lowest BCUT2D eigenvalue weighted by Crippen LogP contribution is -2.27. The lowest BCUT2D eigenvalue weighted by Gasteiger charge is -2.22. The molecule has 0 aromatic carbocycles. The minimum atomic E-state index is -4.92. The van der Waals surface area contributed by atoms with E-state index in [4.69, 9.17) is 178 Å². The molecule has 0 aliphatic heterocycles. The van der Waals surface area contributed by atoms with E-state index in [9.17, 15) is 75.9 Å². The Bertz CT molecular complexity index is 2990. The van der Waals surface area contributed by atoms with Crippen LogP contribution in [0.4, 0.5) is 0 Å². The van der Waals surface area contributed by atoms with Gasteiger partial charge >= 0.3 is 62.6 Å². The molecule has 67 heteroatoms. The molecule has 0 aromatic heterocycles. The van der Waals surface area contributed by atoms with Crippen molar-refractivity contribution in [1.82, 2.24) is 16.0 Å². The van der Waals surface area contributed by atoms with Crippen LogP contribution in [0.25, 0.3) is 0 Å². The molecule has 0 aromatic rings. The largest absolute Gasteiger partial charge is 0.472 e. The third kappa shape index (κ3) is 97.3. The molecule has 0 saturated heterocycles. The lowest BCUT2D eigenvalue weighted by molar-refractivity contribution is -0.0203. The maximum Gasteiger partial charge on any atom is 0.472 e. The molecule has 0 aliphatic carbocycles. The molecule has 59 nitrogen and oxygen atoms in total. The second-order valence-electron chi connectivity index (χ2n) is 24.9. The highest BCUT2D eigenvalue weighted by Crippen LogP contribution is 2.50. The van der Waals surface area contributed by atoms with Gasteiger partial charge in [0, 0.05) is 0 Å². The minimum absolute atomic E-state index is 0.00262. The standard InChI is InChI=1S/C65H143N3O56P8/c1-66-60-107-55-63(54-69)123-131(83,84)119-53-52-117-130(81,82)121-59-65(57-109-62-68-3)124-132(85,86)118-51-43-106-35-27-98-19-11-90-9-17-96-25-33-104-41-49-115-128(77,78)113-47-39-102-31-23-94-15-7-88-5-13-92-21-29-100-37-45-111-126(73,74)110-44-36-99-28-20-91-12-4-87-6-14-93-22-30-101-38-46-112-127(75,76)114-48-40-103-32-24-95-16-8-89-10-18-97-26-34-105-42-50-116-129(79,80)120-58-64(56-108-61-67-2)122-125(70,71)72/h63-69H,4-62H2,1-3H3,(H,73,74)(H,75,76)(H,77,78)(H,79,80)(H,81,82)(H,83,84)(H,85,86)(H2,70,71,72). The van der Waals surface area contributed by atoms with E-state index in [0.29, 0.717) is 26.4 Å². The van der Waals surface area contributed by atoms with Crippen molar-refractivity contribution in [1.29, 1.82) is 0 Å². The lowest BCUT2D eigenvalue weighted by atomic mass is 10.4. The summed E-state index contributed by atoms with van der Waals surface area (Å²) in [6.07, 6.45) is -3.99. The second-order valence-corrected chi connectivity index (χ2v) is 36.2. The van der Waals surface area contributed by atoms with Gasteiger partial charge in [-0.25, -0.2) is 36.5 Å². The zero-order valence-electron chi connectivity index (χ0n) is 74.8. The number of rotatable bonds is 110. The van der Waals surface area contributed by atoms with Crippen molar-refractivity contribution in [2.45, 2.75) is 18.3 Å².